The molecule has 3 rings (SSSR count). The molecule has 27 heavy (non-hydrogen) atoms. The summed E-state index contributed by atoms with van der Waals surface area (Å²) in [4.78, 5) is 16.6. The van der Waals surface area contributed by atoms with E-state index in [4.69, 9.17) is 16.4 Å². The molecular formula is C20H18N6O. The number of nitrogens with two attached hydrogens (primary N) is 1. The van der Waals surface area contributed by atoms with Crippen LogP contribution in [0.3, 0.4) is 0 Å². The minimum atomic E-state index is -0.424. The second-order valence-electron chi connectivity index (χ2n) is 6.04. The number of anilines is 2. The van der Waals surface area contributed by atoms with Crippen molar-refractivity contribution in [1.29, 1.82) is 10.7 Å². The highest BCUT2D eigenvalue weighted by Crippen LogP contribution is 2.22. The van der Waals surface area contributed by atoms with Crippen LogP contribution >= 0.6 is 0 Å². The molecule has 0 unspecified atom stereocenters. The fraction of sp³-hybridized carbons (Fsp3) is 0.100. The second-order valence-corrected chi connectivity index (χ2v) is 6.04. The molecule has 3 aromatic rings. The van der Waals surface area contributed by atoms with Crippen LogP contribution in [0.4, 0.5) is 11.4 Å². The van der Waals surface area contributed by atoms with Gasteiger partial charge in [-0.1, -0.05) is 30.3 Å². The molecule has 0 aliphatic carbocycles. The van der Waals surface area contributed by atoms with E-state index in [9.17, 15) is 4.79 Å². The molecule has 134 valence electrons. The summed E-state index contributed by atoms with van der Waals surface area (Å²) in [5.74, 6) is -0.256. The summed E-state index contributed by atoms with van der Waals surface area (Å²) in [5.41, 5.74) is 9.27. The molecule has 1 amide bonds. The summed E-state index contributed by atoms with van der Waals surface area (Å²) in [5, 5.41) is 20.2. The van der Waals surface area contributed by atoms with E-state index in [1.807, 2.05) is 36.4 Å². The molecule has 4 N–H and O–H groups in total. The van der Waals surface area contributed by atoms with Gasteiger partial charge in [-0.2, -0.15) is 5.26 Å². The predicted octanol–water partition coefficient (Wildman–Crippen LogP) is 2.85. The van der Waals surface area contributed by atoms with Crippen LogP contribution in [-0.2, 0) is 7.05 Å². The first-order valence-electron chi connectivity index (χ1n) is 8.21. The lowest BCUT2D eigenvalue weighted by Gasteiger charge is -2.11. The number of aromatic nitrogens is 2. The number of benzene rings is 2. The van der Waals surface area contributed by atoms with E-state index < -0.39 is 5.91 Å². The number of nitrogens with zero attached hydrogens (tertiary/aromatic N) is 3. The summed E-state index contributed by atoms with van der Waals surface area (Å²) >= 11 is 0. The Labute approximate surface area is 156 Å². The Hall–Kier alpha value is -3.92. The van der Waals surface area contributed by atoms with Crippen molar-refractivity contribution < 1.29 is 4.79 Å². The standard InChI is InChI=1S/C20H18N6O/c1-12-19(25-17(11-21)26(12)2)20(27)24-14-8-9-16(22)15(10-14)18(23)13-6-4-3-5-7-13/h3-10,23H,22H2,1-2H3,(H,24,27). The Morgan fingerprint density at radius 2 is 1.96 bits per heavy atom. The van der Waals surface area contributed by atoms with Gasteiger partial charge < -0.3 is 15.6 Å². The highest BCUT2D eigenvalue weighted by atomic mass is 16.1. The Morgan fingerprint density at radius 1 is 1.26 bits per heavy atom. The number of hydrogen-bond donors (Lipinski definition) is 3. The molecule has 0 saturated carbocycles. The highest BCUT2D eigenvalue weighted by molar-refractivity contribution is 6.14. The fourth-order valence-corrected chi connectivity index (χ4v) is 2.70. The number of nitrogen functional groups attached to an aromatic ring is 1. The highest BCUT2D eigenvalue weighted by Gasteiger charge is 2.18. The zero-order valence-corrected chi connectivity index (χ0v) is 14.9. The molecule has 0 atom stereocenters. The topological polar surface area (TPSA) is 121 Å². The summed E-state index contributed by atoms with van der Waals surface area (Å²) < 4.78 is 1.56. The van der Waals surface area contributed by atoms with E-state index in [0.717, 1.165) is 5.56 Å². The minimum absolute atomic E-state index is 0.168. The van der Waals surface area contributed by atoms with Crippen molar-refractivity contribution in [1.82, 2.24) is 9.55 Å². The SMILES string of the molecule is Cc1c(C(=O)Nc2ccc(N)c(C(=N)c3ccccc3)c2)nc(C#N)n1C. The molecule has 1 heterocycles. The number of nitrogens with one attached hydrogen (secondary N) is 2. The number of imidazole rings is 1. The normalized spacial score (nSPS) is 10.3. The van der Waals surface area contributed by atoms with Gasteiger partial charge in [0, 0.05) is 35.2 Å². The first kappa shape index (κ1) is 17.9. The monoisotopic (exact) mass is 358 g/mol. The van der Waals surface area contributed by atoms with Gasteiger partial charge in [-0.15, -0.1) is 0 Å². The summed E-state index contributed by atoms with van der Waals surface area (Å²) in [6.45, 7) is 1.72. The molecule has 7 nitrogen and oxygen atoms in total. The van der Waals surface area contributed by atoms with Crippen molar-refractivity contribution in [3.8, 4) is 6.07 Å². The van der Waals surface area contributed by atoms with Crippen LogP contribution in [-0.4, -0.2) is 21.2 Å². The van der Waals surface area contributed by atoms with E-state index in [-0.39, 0.29) is 17.2 Å². The zero-order chi connectivity index (χ0) is 19.6. The quantitative estimate of drug-likeness (QED) is 0.490. The number of carbonyl (C=O) groups is 1. The molecule has 0 fully saturated rings. The maximum absolute atomic E-state index is 12.6. The Kier molecular flexibility index (Phi) is 4.73. The predicted molar refractivity (Wildman–Crippen MR) is 104 cm³/mol. The zero-order valence-electron chi connectivity index (χ0n) is 14.9. The average molecular weight is 358 g/mol. The van der Waals surface area contributed by atoms with Crippen LogP contribution < -0.4 is 11.1 Å². The largest absolute Gasteiger partial charge is 0.398 e. The van der Waals surface area contributed by atoms with Gasteiger partial charge >= 0.3 is 0 Å². The first-order chi connectivity index (χ1) is 12.9. The van der Waals surface area contributed by atoms with Gasteiger partial charge in [0.15, 0.2) is 5.69 Å². The second kappa shape index (κ2) is 7.14. The van der Waals surface area contributed by atoms with Gasteiger partial charge in [0.1, 0.15) is 6.07 Å². The summed E-state index contributed by atoms with van der Waals surface area (Å²) in [7, 11) is 1.68. The van der Waals surface area contributed by atoms with Crippen LogP contribution in [0.25, 0.3) is 0 Å². The molecule has 0 bridgehead atoms. The summed E-state index contributed by atoms with van der Waals surface area (Å²) in [6, 6.07) is 16.2. The van der Waals surface area contributed by atoms with E-state index >= 15 is 0 Å². The van der Waals surface area contributed by atoms with E-state index in [1.54, 1.807) is 36.7 Å². The maximum atomic E-state index is 12.6. The van der Waals surface area contributed by atoms with Crippen LogP contribution in [0.1, 0.15) is 33.1 Å². The first-order valence-corrected chi connectivity index (χ1v) is 8.21. The average Bonchev–Trinajstić information content (AvgIpc) is 2.98. The van der Waals surface area contributed by atoms with Gasteiger partial charge in [0.25, 0.3) is 5.91 Å². The molecule has 7 heteroatoms. The van der Waals surface area contributed by atoms with Gasteiger partial charge in [-0.3, -0.25) is 10.2 Å². The third-order valence-electron chi connectivity index (χ3n) is 4.34. The molecular weight excluding hydrogens is 340 g/mol. The van der Waals surface area contributed by atoms with Gasteiger partial charge in [-0.25, -0.2) is 4.98 Å². The third-order valence-corrected chi connectivity index (χ3v) is 4.34. The molecule has 0 spiro atoms. The number of rotatable bonds is 4. The van der Waals surface area contributed by atoms with Crippen LogP contribution in [0.5, 0.6) is 0 Å². The lowest BCUT2D eigenvalue weighted by Crippen LogP contribution is -2.15. The molecule has 2 aromatic carbocycles. The van der Waals surface area contributed by atoms with Crippen LogP contribution in [0.2, 0.25) is 0 Å². The number of nitriles is 1. The van der Waals surface area contributed by atoms with Crippen molar-refractivity contribution in [2.24, 2.45) is 7.05 Å². The molecule has 0 radical (unpaired) electrons. The van der Waals surface area contributed by atoms with Crippen LogP contribution in [0, 0.1) is 23.7 Å². The third kappa shape index (κ3) is 3.41. The van der Waals surface area contributed by atoms with Gasteiger partial charge in [-0.05, 0) is 25.1 Å². The van der Waals surface area contributed by atoms with Crippen molar-refractivity contribution >= 4 is 23.0 Å². The van der Waals surface area contributed by atoms with Crippen molar-refractivity contribution in [2.75, 3.05) is 11.1 Å². The Balaban J connectivity index is 1.90. The Bertz CT molecular complexity index is 1080. The lowest BCUT2D eigenvalue weighted by atomic mass is 10.0. The lowest BCUT2D eigenvalue weighted by molar-refractivity contribution is 0.102. The van der Waals surface area contributed by atoms with Gasteiger partial charge in [0.2, 0.25) is 5.82 Å². The van der Waals surface area contributed by atoms with Crippen molar-refractivity contribution in [3.63, 3.8) is 0 Å². The number of hydrogen-bond acceptors (Lipinski definition) is 5. The summed E-state index contributed by atoms with van der Waals surface area (Å²) in [6.07, 6.45) is 0. The molecule has 0 saturated heterocycles. The van der Waals surface area contributed by atoms with Gasteiger partial charge in [0.05, 0.1) is 5.71 Å². The Morgan fingerprint density at radius 3 is 2.59 bits per heavy atom. The molecule has 0 aliphatic rings. The van der Waals surface area contributed by atoms with E-state index in [0.29, 0.717) is 22.6 Å². The van der Waals surface area contributed by atoms with Crippen molar-refractivity contribution in [2.45, 2.75) is 6.92 Å². The number of carbonyl (C=O) groups excluding carboxylic acids is 1. The molecule has 1 aromatic heterocycles. The fourth-order valence-electron chi connectivity index (χ4n) is 2.70. The smallest absolute Gasteiger partial charge is 0.276 e. The number of amides is 1. The van der Waals surface area contributed by atoms with E-state index in [2.05, 4.69) is 10.3 Å². The molecule has 0 aliphatic heterocycles. The maximum Gasteiger partial charge on any atom is 0.276 e. The van der Waals surface area contributed by atoms with Crippen molar-refractivity contribution in [3.05, 3.63) is 76.9 Å². The minimum Gasteiger partial charge on any atom is -0.398 e. The van der Waals surface area contributed by atoms with E-state index in [1.165, 1.54) is 0 Å². The van der Waals surface area contributed by atoms with Crippen LogP contribution in [0.15, 0.2) is 48.5 Å².